The van der Waals surface area contributed by atoms with Gasteiger partial charge in [-0.05, 0) is 6.92 Å². The molecule has 1 unspecified atom stereocenters. The summed E-state index contributed by atoms with van der Waals surface area (Å²) in [6.45, 7) is 4.25. The number of hydrogen-bond donors (Lipinski definition) is 1. The van der Waals surface area contributed by atoms with Gasteiger partial charge in [-0.3, -0.25) is 9.69 Å². The molecule has 1 aliphatic rings. The molecule has 1 aliphatic heterocycles. The summed E-state index contributed by atoms with van der Waals surface area (Å²) in [6.07, 6.45) is 5.07. The molecule has 0 saturated carbocycles. The van der Waals surface area contributed by atoms with Crippen molar-refractivity contribution in [1.82, 2.24) is 10.2 Å². The van der Waals surface area contributed by atoms with Gasteiger partial charge in [0.1, 0.15) is 0 Å². The molecule has 3 nitrogen and oxygen atoms in total. The van der Waals surface area contributed by atoms with E-state index in [0.29, 0.717) is 6.54 Å². The lowest BCUT2D eigenvalue weighted by Crippen LogP contribution is -2.48. The molecule has 0 aromatic heterocycles. The van der Waals surface area contributed by atoms with Crippen molar-refractivity contribution in [2.45, 2.75) is 13.0 Å². The van der Waals surface area contributed by atoms with E-state index < -0.39 is 0 Å². The maximum Gasteiger partial charge on any atom is 0.237 e. The lowest BCUT2D eigenvalue weighted by Gasteiger charge is -2.30. The Morgan fingerprint density at radius 3 is 2.86 bits per heavy atom. The normalized spacial score (nSPS) is 19.7. The second kappa shape index (κ2) is 5.94. The van der Waals surface area contributed by atoms with E-state index in [1.165, 1.54) is 0 Å². The first kappa shape index (κ1) is 11.4. The number of carbonyl (C=O) groups excluding carboxylic acids is 1. The fourth-order valence-electron chi connectivity index (χ4n) is 1.42. The number of hydrogen-bond acceptors (Lipinski definition) is 3. The Morgan fingerprint density at radius 2 is 2.29 bits per heavy atom. The number of nitrogens with one attached hydrogen (secondary N) is 1. The summed E-state index contributed by atoms with van der Waals surface area (Å²) in [5.74, 6) is 4.67. The van der Waals surface area contributed by atoms with Crippen LogP contribution in [0.2, 0.25) is 0 Å². The van der Waals surface area contributed by atoms with Crippen LogP contribution in [-0.4, -0.2) is 48.0 Å². The van der Waals surface area contributed by atoms with E-state index in [0.717, 1.165) is 24.6 Å². The third-order valence-corrected chi connectivity index (χ3v) is 3.28. The molecule has 0 radical (unpaired) electrons. The highest BCUT2D eigenvalue weighted by Gasteiger charge is 2.22. The SMILES string of the molecule is C#CCNC(=O)C(C)N1CCSCC1. The molecule has 1 amide bonds. The fraction of sp³-hybridized carbons (Fsp3) is 0.700. The van der Waals surface area contributed by atoms with Crippen molar-refractivity contribution in [3.8, 4) is 12.3 Å². The number of nitrogens with zero attached hydrogens (tertiary/aromatic N) is 1. The van der Waals surface area contributed by atoms with Gasteiger partial charge in [0.2, 0.25) is 5.91 Å². The summed E-state index contributed by atoms with van der Waals surface area (Å²) in [5, 5.41) is 2.71. The first-order valence-corrected chi connectivity index (χ1v) is 5.94. The summed E-state index contributed by atoms with van der Waals surface area (Å²) in [6, 6.07) is -0.0516. The lowest BCUT2D eigenvalue weighted by molar-refractivity contribution is -0.125. The molecule has 1 heterocycles. The minimum absolute atomic E-state index is 0.0369. The Morgan fingerprint density at radius 1 is 1.64 bits per heavy atom. The second-order valence-corrected chi connectivity index (χ2v) is 4.47. The minimum Gasteiger partial charge on any atom is -0.344 e. The first-order chi connectivity index (χ1) is 6.75. The number of rotatable bonds is 3. The highest BCUT2D eigenvalue weighted by Crippen LogP contribution is 2.11. The number of thioether (sulfide) groups is 1. The highest BCUT2D eigenvalue weighted by molar-refractivity contribution is 7.99. The Hall–Kier alpha value is -0.660. The van der Waals surface area contributed by atoms with Gasteiger partial charge >= 0.3 is 0 Å². The molecule has 0 aromatic rings. The van der Waals surface area contributed by atoms with Gasteiger partial charge < -0.3 is 5.32 Å². The molecule has 1 N–H and O–H groups in total. The van der Waals surface area contributed by atoms with E-state index in [1.54, 1.807) is 0 Å². The Kier molecular flexibility index (Phi) is 4.85. The Balaban J connectivity index is 2.35. The van der Waals surface area contributed by atoms with Crippen molar-refractivity contribution in [2.75, 3.05) is 31.1 Å². The van der Waals surface area contributed by atoms with Crippen LogP contribution in [0.15, 0.2) is 0 Å². The van der Waals surface area contributed by atoms with E-state index >= 15 is 0 Å². The third-order valence-electron chi connectivity index (χ3n) is 2.34. The topological polar surface area (TPSA) is 32.3 Å². The molecule has 14 heavy (non-hydrogen) atoms. The molecular formula is C10H16N2OS. The van der Waals surface area contributed by atoms with Crippen LogP contribution >= 0.6 is 11.8 Å². The van der Waals surface area contributed by atoms with E-state index in [2.05, 4.69) is 16.1 Å². The standard InChI is InChI=1S/C10H16N2OS/c1-3-4-11-10(13)9(2)12-5-7-14-8-6-12/h1,9H,4-8H2,2H3,(H,11,13). The van der Waals surface area contributed by atoms with Crippen LogP contribution in [0.5, 0.6) is 0 Å². The maximum absolute atomic E-state index is 11.5. The molecule has 1 saturated heterocycles. The van der Waals surface area contributed by atoms with Gasteiger partial charge in [0, 0.05) is 24.6 Å². The molecule has 0 spiro atoms. The van der Waals surface area contributed by atoms with Crippen LogP contribution in [0.3, 0.4) is 0 Å². The molecule has 0 aliphatic carbocycles. The zero-order valence-corrected chi connectivity index (χ0v) is 9.27. The van der Waals surface area contributed by atoms with Gasteiger partial charge in [-0.25, -0.2) is 0 Å². The summed E-state index contributed by atoms with van der Waals surface area (Å²) in [7, 11) is 0. The highest BCUT2D eigenvalue weighted by atomic mass is 32.2. The van der Waals surface area contributed by atoms with Crippen molar-refractivity contribution in [3.63, 3.8) is 0 Å². The monoisotopic (exact) mass is 212 g/mol. The molecule has 0 aromatic carbocycles. The average Bonchev–Trinajstić information content (AvgIpc) is 2.26. The molecule has 4 heteroatoms. The van der Waals surface area contributed by atoms with E-state index in [4.69, 9.17) is 6.42 Å². The smallest absolute Gasteiger partial charge is 0.237 e. The molecule has 78 valence electrons. The van der Waals surface area contributed by atoms with E-state index in [-0.39, 0.29) is 11.9 Å². The van der Waals surface area contributed by atoms with Crippen LogP contribution in [-0.2, 0) is 4.79 Å². The first-order valence-electron chi connectivity index (χ1n) is 4.78. The van der Waals surface area contributed by atoms with Crippen LogP contribution < -0.4 is 5.32 Å². The number of carbonyl (C=O) groups is 1. The molecule has 0 bridgehead atoms. The summed E-state index contributed by atoms with van der Waals surface area (Å²) < 4.78 is 0. The molecule has 1 atom stereocenters. The zero-order chi connectivity index (χ0) is 10.4. The van der Waals surface area contributed by atoms with Crippen LogP contribution in [0.4, 0.5) is 0 Å². The maximum atomic E-state index is 11.5. The van der Waals surface area contributed by atoms with Gasteiger partial charge in [0.05, 0.1) is 12.6 Å². The predicted molar refractivity (Wildman–Crippen MR) is 60.2 cm³/mol. The van der Waals surface area contributed by atoms with Crippen molar-refractivity contribution in [1.29, 1.82) is 0 Å². The van der Waals surface area contributed by atoms with Gasteiger partial charge in [0.25, 0.3) is 0 Å². The summed E-state index contributed by atoms with van der Waals surface area (Å²) in [5.41, 5.74) is 0. The van der Waals surface area contributed by atoms with Crippen LogP contribution in [0.1, 0.15) is 6.92 Å². The van der Waals surface area contributed by atoms with E-state index in [1.807, 2.05) is 18.7 Å². The zero-order valence-electron chi connectivity index (χ0n) is 8.45. The van der Waals surface area contributed by atoms with Gasteiger partial charge in [-0.1, -0.05) is 5.92 Å². The van der Waals surface area contributed by atoms with Gasteiger partial charge in [-0.2, -0.15) is 11.8 Å². The predicted octanol–water partition coefficient (Wildman–Crippen LogP) is 0.173. The van der Waals surface area contributed by atoms with Crippen molar-refractivity contribution in [2.24, 2.45) is 0 Å². The average molecular weight is 212 g/mol. The van der Waals surface area contributed by atoms with E-state index in [9.17, 15) is 4.79 Å². The van der Waals surface area contributed by atoms with Gasteiger partial charge in [0.15, 0.2) is 0 Å². The van der Waals surface area contributed by atoms with Crippen molar-refractivity contribution < 1.29 is 4.79 Å². The third kappa shape index (κ3) is 3.24. The van der Waals surface area contributed by atoms with Crippen molar-refractivity contribution >= 4 is 17.7 Å². The number of terminal acetylenes is 1. The molecule has 1 fully saturated rings. The largest absolute Gasteiger partial charge is 0.344 e. The fourth-order valence-corrected chi connectivity index (χ4v) is 2.35. The summed E-state index contributed by atoms with van der Waals surface area (Å²) in [4.78, 5) is 13.7. The summed E-state index contributed by atoms with van der Waals surface area (Å²) >= 11 is 1.94. The van der Waals surface area contributed by atoms with Gasteiger partial charge in [-0.15, -0.1) is 6.42 Å². The minimum atomic E-state index is -0.0516. The molecular weight excluding hydrogens is 196 g/mol. The molecule has 1 rings (SSSR count). The Bertz CT molecular complexity index is 231. The van der Waals surface area contributed by atoms with Crippen molar-refractivity contribution in [3.05, 3.63) is 0 Å². The van der Waals surface area contributed by atoms with Crippen LogP contribution in [0.25, 0.3) is 0 Å². The second-order valence-electron chi connectivity index (χ2n) is 3.25. The lowest BCUT2D eigenvalue weighted by atomic mass is 10.2. The van der Waals surface area contributed by atoms with Crippen LogP contribution in [0, 0.1) is 12.3 Å². The Labute approximate surface area is 89.6 Å². The number of amides is 1. The quantitative estimate of drug-likeness (QED) is 0.677.